The Balaban J connectivity index is 2.07. The van der Waals surface area contributed by atoms with Crippen LogP contribution in [-0.4, -0.2) is 44.8 Å². The molecule has 0 fully saturated rings. The summed E-state index contributed by atoms with van der Waals surface area (Å²) < 4.78 is 33.1. The zero-order valence-corrected chi connectivity index (χ0v) is 15.9. The van der Waals surface area contributed by atoms with Gasteiger partial charge in [-0.15, -0.1) is 0 Å². The van der Waals surface area contributed by atoms with Gasteiger partial charge in [0.1, 0.15) is 0 Å². The molecular weight excluding hydrogens is 382 g/mol. The maximum atomic E-state index is 13.5. The van der Waals surface area contributed by atoms with Crippen molar-refractivity contribution < 1.29 is 23.1 Å². The van der Waals surface area contributed by atoms with E-state index in [0.29, 0.717) is 17.0 Å². The van der Waals surface area contributed by atoms with E-state index in [4.69, 9.17) is 9.84 Å². The predicted octanol–water partition coefficient (Wildman–Crippen LogP) is 2.71. The van der Waals surface area contributed by atoms with Gasteiger partial charge >= 0.3 is 6.09 Å². The van der Waals surface area contributed by atoms with Gasteiger partial charge in [0.15, 0.2) is 0 Å². The second-order valence-electron chi connectivity index (χ2n) is 5.85. The van der Waals surface area contributed by atoms with Crippen LogP contribution in [0.5, 0.6) is 5.88 Å². The van der Waals surface area contributed by atoms with Crippen LogP contribution in [0, 0.1) is 0 Å². The van der Waals surface area contributed by atoms with Gasteiger partial charge in [0, 0.05) is 18.0 Å². The summed E-state index contributed by atoms with van der Waals surface area (Å²) in [4.78, 5) is 15.0. The molecule has 0 bridgehead atoms. The van der Waals surface area contributed by atoms with E-state index in [-0.39, 0.29) is 18.0 Å². The Morgan fingerprint density at radius 2 is 1.89 bits per heavy atom. The van der Waals surface area contributed by atoms with Crippen LogP contribution in [0.2, 0.25) is 0 Å². The van der Waals surface area contributed by atoms with E-state index >= 15 is 0 Å². The molecule has 0 radical (unpaired) electrons. The first kappa shape index (κ1) is 19.4. The Morgan fingerprint density at radius 1 is 1.14 bits per heavy atom. The molecule has 0 unspecified atom stereocenters. The molecule has 0 atom stereocenters. The van der Waals surface area contributed by atoms with Gasteiger partial charge in [-0.05, 0) is 17.5 Å². The maximum Gasteiger partial charge on any atom is 0.404 e. The number of hydrogen-bond donors (Lipinski definition) is 2. The Bertz CT molecular complexity index is 1080. The average molecular weight is 401 g/mol. The third kappa shape index (κ3) is 3.99. The van der Waals surface area contributed by atoms with E-state index in [2.05, 4.69) is 10.3 Å². The van der Waals surface area contributed by atoms with Crippen LogP contribution >= 0.6 is 0 Å². The lowest BCUT2D eigenvalue weighted by Crippen LogP contribution is -2.38. The lowest BCUT2D eigenvalue weighted by Gasteiger charge is -2.25. The number of sulfonamides is 1. The molecule has 0 aliphatic carbocycles. The fourth-order valence-corrected chi connectivity index (χ4v) is 4.50. The van der Waals surface area contributed by atoms with Crippen LogP contribution in [0.15, 0.2) is 65.7 Å². The first-order valence-electron chi connectivity index (χ1n) is 8.41. The zero-order chi connectivity index (χ0) is 20.1. The van der Waals surface area contributed by atoms with Crippen LogP contribution in [0.25, 0.3) is 10.8 Å². The lowest BCUT2D eigenvalue weighted by atomic mass is 10.1. The Hall–Kier alpha value is -3.33. The SMILES string of the molecule is COc1ccc(N(CCNC(=O)O)S(=O)(=O)c2cccc3ccccc23)cn1. The van der Waals surface area contributed by atoms with Gasteiger partial charge in [-0.25, -0.2) is 18.2 Å². The Labute approximate surface area is 162 Å². The average Bonchev–Trinajstić information content (AvgIpc) is 2.70. The highest BCUT2D eigenvalue weighted by Gasteiger charge is 2.27. The molecule has 8 nitrogen and oxygen atoms in total. The minimum absolute atomic E-state index is 0.0780. The summed E-state index contributed by atoms with van der Waals surface area (Å²) >= 11 is 0. The largest absolute Gasteiger partial charge is 0.481 e. The molecule has 0 spiro atoms. The minimum Gasteiger partial charge on any atom is -0.481 e. The second kappa shape index (κ2) is 8.13. The van der Waals surface area contributed by atoms with Crippen LogP contribution in [0.1, 0.15) is 0 Å². The fraction of sp³-hybridized carbons (Fsp3) is 0.158. The fourth-order valence-electron chi connectivity index (χ4n) is 2.83. The van der Waals surface area contributed by atoms with Gasteiger partial charge in [-0.1, -0.05) is 36.4 Å². The van der Waals surface area contributed by atoms with E-state index in [9.17, 15) is 13.2 Å². The molecule has 0 aliphatic rings. The number of pyridine rings is 1. The van der Waals surface area contributed by atoms with Gasteiger partial charge in [-0.3, -0.25) is 4.31 Å². The number of carbonyl (C=O) groups is 1. The third-order valence-corrected chi connectivity index (χ3v) is 6.01. The Morgan fingerprint density at radius 3 is 2.57 bits per heavy atom. The van der Waals surface area contributed by atoms with Gasteiger partial charge in [0.2, 0.25) is 5.88 Å². The standard InChI is InChI=1S/C19H19N3O5S/c1-27-18-10-9-15(13-21-18)22(12-11-20-19(23)24)28(25,26)17-8-4-6-14-5-2-3-7-16(14)17/h2-10,13,20H,11-12H2,1H3,(H,23,24). The summed E-state index contributed by atoms with van der Waals surface area (Å²) in [7, 11) is -2.52. The molecule has 3 rings (SSSR count). The van der Waals surface area contributed by atoms with Gasteiger partial charge < -0.3 is 15.2 Å². The number of anilines is 1. The highest BCUT2D eigenvalue weighted by atomic mass is 32.2. The number of amides is 1. The lowest BCUT2D eigenvalue weighted by molar-refractivity contribution is 0.195. The number of rotatable bonds is 7. The molecule has 2 N–H and O–H groups in total. The number of methoxy groups -OCH3 is 1. The van der Waals surface area contributed by atoms with Crippen molar-refractivity contribution >= 4 is 32.6 Å². The van der Waals surface area contributed by atoms with Crippen molar-refractivity contribution in [3.63, 3.8) is 0 Å². The third-order valence-electron chi connectivity index (χ3n) is 4.13. The van der Waals surface area contributed by atoms with E-state index < -0.39 is 16.1 Å². The maximum absolute atomic E-state index is 13.5. The van der Waals surface area contributed by atoms with Crippen LogP contribution < -0.4 is 14.4 Å². The molecule has 2 aromatic carbocycles. The molecule has 28 heavy (non-hydrogen) atoms. The first-order chi connectivity index (χ1) is 13.4. The number of nitrogens with one attached hydrogen (secondary N) is 1. The van der Waals surface area contributed by atoms with Crippen molar-refractivity contribution in [1.29, 1.82) is 0 Å². The van der Waals surface area contributed by atoms with Gasteiger partial charge in [0.25, 0.3) is 10.0 Å². The summed E-state index contributed by atoms with van der Waals surface area (Å²) in [5.74, 6) is 0.343. The first-order valence-corrected chi connectivity index (χ1v) is 9.85. The van der Waals surface area contributed by atoms with Crippen molar-refractivity contribution in [1.82, 2.24) is 10.3 Å². The monoisotopic (exact) mass is 401 g/mol. The molecule has 1 aromatic heterocycles. The van der Waals surface area contributed by atoms with Crippen molar-refractivity contribution in [2.75, 3.05) is 24.5 Å². The van der Waals surface area contributed by atoms with Crippen LogP contribution in [0.4, 0.5) is 10.5 Å². The van der Waals surface area contributed by atoms with Crippen molar-refractivity contribution in [2.45, 2.75) is 4.90 Å². The second-order valence-corrected chi connectivity index (χ2v) is 7.68. The topological polar surface area (TPSA) is 109 Å². The van der Waals surface area contributed by atoms with E-state index in [1.807, 2.05) is 18.2 Å². The molecule has 0 saturated carbocycles. The molecular formula is C19H19N3O5S. The molecule has 146 valence electrons. The van der Waals surface area contributed by atoms with Crippen LogP contribution in [0.3, 0.4) is 0 Å². The summed E-state index contributed by atoms with van der Waals surface area (Å²) in [6, 6.07) is 15.3. The van der Waals surface area contributed by atoms with Gasteiger partial charge in [-0.2, -0.15) is 0 Å². The van der Waals surface area contributed by atoms with Crippen molar-refractivity contribution in [3.8, 4) is 5.88 Å². The Kier molecular flexibility index (Phi) is 5.65. The molecule has 0 aliphatic heterocycles. The van der Waals surface area contributed by atoms with Crippen LogP contribution in [-0.2, 0) is 10.0 Å². The van der Waals surface area contributed by atoms with E-state index in [0.717, 1.165) is 9.69 Å². The highest BCUT2D eigenvalue weighted by molar-refractivity contribution is 7.93. The van der Waals surface area contributed by atoms with Crippen molar-refractivity contribution in [2.24, 2.45) is 0 Å². The van der Waals surface area contributed by atoms with Gasteiger partial charge in [0.05, 0.1) is 30.4 Å². The smallest absolute Gasteiger partial charge is 0.404 e. The number of aromatic nitrogens is 1. The molecule has 1 heterocycles. The number of fused-ring (bicyclic) bond motifs is 1. The molecule has 1 amide bonds. The number of carboxylic acid groups (broad SMARTS) is 1. The zero-order valence-electron chi connectivity index (χ0n) is 15.1. The number of hydrogen-bond acceptors (Lipinski definition) is 5. The van der Waals surface area contributed by atoms with E-state index in [1.54, 1.807) is 30.3 Å². The van der Waals surface area contributed by atoms with Crippen molar-refractivity contribution in [3.05, 3.63) is 60.8 Å². The normalized spacial score (nSPS) is 11.2. The minimum atomic E-state index is -3.98. The predicted molar refractivity (Wildman–Crippen MR) is 105 cm³/mol. The molecule has 3 aromatic rings. The number of nitrogens with zero attached hydrogens (tertiary/aromatic N) is 2. The summed E-state index contributed by atoms with van der Waals surface area (Å²) in [6.07, 6.45) is 0.151. The highest BCUT2D eigenvalue weighted by Crippen LogP contribution is 2.29. The summed E-state index contributed by atoms with van der Waals surface area (Å²) in [5, 5.41) is 12.4. The molecule has 9 heteroatoms. The summed E-state index contributed by atoms with van der Waals surface area (Å²) in [5.41, 5.74) is 0.306. The number of benzene rings is 2. The van der Waals surface area contributed by atoms with E-state index in [1.165, 1.54) is 19.4 Å². The summed E-state index contributed by atoms with van der Waals surface area (Å²) in [6.45, 7) is -0.169. The quantitative estimate of drug-likeness (QED) is 0.630. The molecule has 0 saturated heterocycles. The number of ether oxygens (including phenoxy) is 1.